The van der Waals surface area contributed by atoms with Gasteiger partial charge in [0.05, 0.1) is 31.6 Å². The average molecular weight is 281 g/mol. The normalized spacial score (nSPS) is 18.8. The number of esters is 1. The summed E-state index contributed by atoms with van der Waals surface area (Å²) in [4.78, 5) is 13.6. The zero-order chi connectivity index (χ0) is 13.8. The highest BCUT2D eigenvalue weighted by Gasteiger charge is 2.31. The molecule has 1 unspecified atom stereocenters. The van der Waals surface area contributed by atoms with E-state index in [9.17, 15) is 4.79 Å². The van der Waals surface area contributed by atoms with Gasteiger partial charge in [0.1, 0.15) is 6.07 Å². The summed E-state index contributed by atoms with van der Waals surface area (Å²) in [7, 11) is 1.33. The van der Waals surface area contributed by atoms with Crippen LogP contribution in [0.2, 0.25) is 5.02 Å². The van der Waals surface area contributed by atoms with Gasteiger partial charge in [0.15, 0.2) is 6.04 Å². The largest absolute Gasteiger partial charge is 0.467 e. The van der Waals surface area contributed by atoms with Crippen LogP contribution in [0.25, 0.3) is 0 Å². The topological polar surface area (TPSA) is 62.6 Å². The smallest absolute Gasteiger partial charge is 0.330 e. The third-order valence-corrected chi connectivity index (χ3v) is 3.23. The molecule has 0 aliphatic carbocycles. The minimum absolute atomic E-state index is 0.240. The lowest BCUT2D eigenvalue weighted by Gasteiger charge is -2.35. The molecule has 1 aliphatic heterocycles. The number of carbonyl (C=O) groups excluding carboxylic acids is 1. The van der Waals surface area contributed by atoms with Crippen LogP contribution in [-0.4, -0.2) is 38.9 Å². The number of morpholine rings is 1. The van der Waals surface area contributed by atoms with Crippen molar-refractivity contribution in [2.75, 3.05) is 31.8 Å². The van der Waals surface area contributed by atoms with Crippen molar-refractivity contribution in [3.63, 3.8) is 0 Å². The molecular weight excluding hydrogens is 268 g/mol. The molecule has 0 amide bonds. The monoisotopic (exact) mass is 280 g/mol. The fourth-order valence-corrected chi connectivity index (χ4v) is 2.23. The van der Waals surface area contributed by atoms with E-state index < -0.39 is 6.04 Å². The summed E-state index contributed by atoms with van der Waals surface area (Å²) in [5.41, 5.74) is 1.11. The van der Waals surface area contributed by atoms with E-state index in [4.69, 9.17) is 26.3 Å². The molecule has 0 radical (unpaired) electrons. The van der Waals surface area contributed by atoms with Crippen LogP contribution in [0.3, 0.4) is 0 Å². The SMILES string of the molecule is COC(=O)C1COCCN1c1cc(Cl)ccc1C#N. The predicted molar refractivity (Wildman–Crippen MR) is 70.1 cm³/mol. The van der Waals surface area contributed by atoms with Gasteiger partial charge in [-0.3, -0.25) is 0 Å². The molecule has 5 nitrogen and oxygen atoms in total. The quantitative estimate of drug-likeness (QED) is 0.770. The first-order valence-electron chi connectivity index (χ1n) is 5.79. The fraction of sp³-hybridized carbons (Fsp3) is 0.385. The lowest BCUT2D eigenvalue weighted by Crippen LogP contribution is -2.50. The first-order valence-corrected chi connectivity index (χ1v) is 6.17. The summed E-state index contributed by atoms with van der Waals surface area (Å²) in [6, 6.07) is 6.53. The van der Waals surface area contributed by atoms with Crippen molar-refractivity contribution < 1.29 is 14.3 Å². The van der Waals surface area contributed by atoms with E-state index >= 15 is 0 Å². The minimum atomic E-state index is -0.552. The van der Waals surface area contributed by atoms with Crippen LogP contribution in [0.4, 0.5) is 5.69 Å². The summed E-state index contributed by atoms with van der Waals surface area (Å²) in [6.07, 6.45) is 0. The highest BCUT2D eigenvalue weighted by molar-refractivity contribution is 6.30. The van der Waals surface area contributed by atoms with Crippen molar-refractivity contribution in [3.05, 3.63) is 28.8 Å². The van der Waals surface area contributed by atoms with Gasteiger partial charge in [0.2, 0.25) is 0 Å². The molecule has 0 N–H and O–H groups in total. The number of hydrogen-bond acceptors (Lipinski definition) is 5. The molecule has 19 heavy (non-hydrogen) atoms. The fourth-order valence-electron chi connectivity index (χ4n) is 2.06. The zero-order valence-corrected chi connectivity index (χ0v) is 11.2. The van der Waals surface area contributed by atoms with Crippen molar-refractivity contribution >= 4 is 23.3 Å². The molecule has 0 bridgehead atoms. The van der Waals surface area contributed by atoms with E-state index in [1.807, 2.05) is 0 Å². The van der Waals surface area contributed by atoms with Crippen LogP contribution in [0.15, 0.2) is 18.2 Å². The summed E-state index contributed by atoms with van der Waals surface area (Å²) >= 11 is 5.97. The number of methoxy groups -OCH3 is 1. The summed E-state index contributed by atoms with van der Waals surface area (Å²) in [5, 5.41) is 9.67. The Balaban J connectivity index is 2.40. The Morgan fingerprint density at radius 2 is 2.42 bits per heavy atom. The van der Waals surface area contributed by atoms with Gasteiger partial charge in [-0.2, -0.15) is 5.26 Å². The predicted octanol–water partition coefficient (Wildman–Crippen LogP) is 1.59. The van der Waals surface area contributed by atoms with Crippen LogP contribution < -0.4 is 4.90 Å². The molecule has 1 aliphatic rings. The van der Waals surface area contributed by atoms with Crippen molar-refractivity contribution in [1.82, 2.24) is 0 Å². The molecule has 1 aromatic carbocycles. The number of anilines is 1. The summed E-state index contributed by atoms with van der Waals surface area (Å²) < 4.78 is 10.1. The number of carbonyl (C=O) groups is 1. The second-order valence-electron chi connectivity index (χ2n) is 4.08. The van der Waals surface area contributed by atoms with Gasteiger partial charge in [-0.05, 0) is 18.2 Å². The van der Waals surface area contributed by atoms with Crippen LogP contribution in [0.1, 0.15) is 5.56 Å². The van der Waals surface area contributed by atoms with Gasteiger partial charge >= 0.3 is 5.97 Å². The highest BCUT2D eigenvalue weighted by Crippen LogP contribution is 2.27. The van der Waals surface area contributed by atoms with Crippen LogP contribution >= 0.6 is 11.6 Å². The van der Waals surface area contributed by atoms with Crippen molar-refractivity contribution in [2.24, 2.45) is 0 Å². The highest BCUT2D eigenvalue weighted by atomic mass is 35.5. The van der Waals surface area contributed by atoms with Gasteiger partial charge in [0.25, 0.3) is 0 Å². The van der Waals surface area contributed by atoms with E-state index in [1.54, 1.807) is 23.1 Å². The van der Waals surface area contributed by atoms with Crippen molar-refractivity contribution in [3.8, 4) is 6.07 Å². The molecule has 1 aromatic rings. The number of halogens is 1. The molecule has 2 rings (SSSR count). The van der Waals surface area contributed by atoms with Crippen LogP contribution in [0.5, 0.6) is 0 Å². The summed E-state index contributed by atoms with van der Waals surface area (Å²) in [6.45, 7) is 1.24. The van der Waals surface area contributed by atoms with Gasteiger partial charge in [-0.15, -0.1) is 0 Å². The number of rotatable bonds is 2. The van der Waals surface area contributed by atoms with E-state index in [1.165, 1.54) is 7.11 Å². The Morgan fingerprint density at radius 1 is 1.63 bits per heavy atom. The Hall–Kier alpha value is -1.77. The zero-order valence-electron chi connectivity index (χ0n) is 10.4. The standard InChI is InChI=1S/C13H13ClN2O3/c1-18-13(17)12-8-19-5-4-16(12)11-6-10(14)3-2-9(11)7-15/h2-3,6,12H,4-5,8H2,1H3. The Bertz CT molecular complexity index is 527. The van der Waals surface area contributed by atoms with Crippen molar-refractivity contribution in [1.29, 1.82) is 5.26 Å². The lowest BCUT2D eigenvalue weighted by molar-refractivity contribution is -0.144. The number of ether oxygens (including phenoxy) is 2. The van der Waals surface area contributed by atoms with Gasteiger partial charge in [-0.1, -0.05) is 11.6 Å². The molecule has 1 heterocycles. The average Bonchev–Trinajstić information content (AvgIpc) is 2.46. The third kappa shape index (κ3) is 2.80. The van der Waals surface area contributed by atoms with Crippen LogP contribution in [0, 0.1) is 11.3 Å². The Morgan fingerprint density at radius 3 is 3.11 bits per heavy atom. The molecule has 100 valence electrons. The minimum Gasteiger partial charge on any atom is -0.467 e. The maximum atomic E-state index is 11.8. The molecule has 0 aromatic heterocycles. The lowest BCUT2D eigenvalue weighted by atomic mass is 10.1. The van der Waals surface area contributed by atoms with E-state index in [2.05, 4.69) is 6.07 Å². The maximum Gasteiger partial charge on any atom is 0.330 e. The molecule has 0 saturated carbocycles. The molecular formula is C13H13ClN2O3. The number of hydrogen-bond donors (Lipinski definition) is 0. The van der Waals surface area contributed by atoms with Crippen LogP contribution in [-0.2, 0) is 14.3 Å². The number of nitriles is 1. The van der Waals surface area contributed by atoms with E-state index in [0.717, 1.165) is 0 Å². The molecule has 6 heteroatoms. The maximum absolute atomic E-state index is 11.8. The second kappa shape index (κ2) is 5.91. The first kappa shape index (κ1) is 13.7. The molecule has 1 fully saturated rings. The second-order valence-corrected chi connectivity index (χ2v) is 4.52. The van der Waals surface area contributed by atoms with E-state index in [0.29, 0.717) is 29.4 Å². The number of benzene rings is 1. The third-order valence-electron chi connectivity index (χ3n) is 2.99. The van der Waals surface area contributed by atoms with Gasteiger partial charge < -0.3 is 14.4 Å². The number of nitrogens with zero attached hydrogens (tertiary/aromatic N) is 2. The molecule has 1 atom stereocenters. The van der Waals surface area contributed by atoms with E-state index in [-0.39, 0.29) is 12.6 Å². The first-order chi connectivity index (χ1) is 9.17. The Kier molecular flexibility index (Phi) is 4.25. The van der Waals surface area contributed by atoms with Gasteiger partial charge in [-0.25, -0.2) is 4.79 Å². The molecule has 1 saturated heterocycles. The van der Waals surface area contributed by atoms with Crippen molar-refractivity contribution in [2.45, 2.75) is 6.04 Å². The van der Waals surface area contributed by atoms with Gasteiger partial charge in [0, 0.05) is 11.6 Å². The summed E-state index contributed by atoms with van der Waals surface area (Å²) in [5.74, 6) is -0.386. The Labute approximate surface area is 116 Å². The molecule has 0 spiro atoms.